The van der Waals surface area contributed by atoms with Gasteiger partial charge in [-0.05, 0) is 55.6 Å². The third-order valence-corrected chi connectivity index (χ3v) is 5.93. The molecule has 128 valence electrons. The van der Waals surface area contributed by atoms with E-state index in [1.165, 1.54) is 41.4 Å². The standard InChI is InChI=1S/C20H26N2O2/c1-21-20(23)13-22-18-5-3-2-4-16(18)17-12-15(6-7-19(17)22)14-8-10-24-11-9-14/h2-5,14-15H,6-13H2,1H3,(H,21,23). The summed E-state index contributed by atoms with van der Waals surface area (Å²) in [5.41, 5.74) is 4.07. The number of benzene rings is 1. The van der Waals surface area contributed by atoms with E-state index < -0.39 is 0 Å². The summed E-state index contributed by atoms with van der Waals surface area (Å²) < 4.78 is 7.78. The number of carbonyl (C=O) groups is 1. The Labute approximate surface area is 143 Å². The zero-order valence-corrected chi connectivity index (χ0v) is 14.4. The highest BCUT2D eigenvalue weighted by molar-refractivity contribution is 5.88. The smallest absolute Gasteiger partial charge is 0.239 e. The highest BCUT2D eigenvalue weighted by Gasteiger charge is 2.31. The van der Waals surface area contributed by atoms with Gasteiger partial charge in [-0.3, -0.25) is 4.79 Å². The molecule has 0 saturated carbocycles. The Balaban J connectivity index is 1.70. The van der Waals surface area contributed by atoms with Gasteiger partial charge in [0.15, 0.2) is 0 Å². The minimum absolute atomic E-state index is 0.0742. The molecule has 1 amide bonds. The van der Waals surface area contributed by atoms with Crippen LogP contribution in [0.3, 0.4) is 0 Å². The Hall–Kier alpha value is -1.81. The van der Waals surface area contributed by atoms with Crippen molar-refractivity contribution in [2.45, 2.75) is 38.6 Å². The molecule has 1 aromatic heterocycles. The number of amides is 1. The van der Waals surface area contributed by atoms with Crippen LogP contribution in [0.5, 0.6) is 0 Å². The lowest BCUT2D eigenvalue weighted by Gasteiger charge is -2.33. The van der Waals surface area contributed by atoms with Crippen molar-refractivity contribution in [1.82, 2.24) is 9.88 Å². The number of hydrogen-bond donors (Lipinski definition) is 1. The number of ether oxygens (including phenoxy) is 1. The second-order valence-corrected chi connectivity index (χ2v) is 7.15. The predicted molar refractivity (Wildman–Crippen MR) is 95.1 cm³/mol. The molecule has 4 heteroatoms. The second-order valence-electron chi connectivity index (χ2n) is 7.15. The molecular formula is C20H26N2O2. The molecule has 1 aliphatic carbocycles. The second kappa shape index (κ2) is 6.60. The van der Waals surface area contributed by atoms with Crippen molar-refractivity contribution < 1.29 is 9.53 Å². The summed E-state index contributed by atoms with van der Waals surface area (Å²) in [6.07, 6.45) is 5.89. The van der Waals surface area contributed by atoms with Gasteiger partial charge in [0, 0.05) is 36.9 Å². The quantitative estimate of drug-likeness (QED) is 0.942. The molecule has 2 heterocycles. The van der Waals surface area contributed by atoms with Crippen molar-refractivity contribution >= 4 is 16.8 Å². The molecule has 0 radical (unpaired) electrons. The first-order chi connectivity index (χ1) is 11.8. The molecule has 0 spiro atoms. The summed E-state index contributed by atoms with van der Waals surface area (Å²) in [6.45, 7) is 2.27. The van der Waals surface area contributed by atoms with Gasteiger partial charge in [0.2, 0.25) is 5.91 Å². The number of nitrogens with zero attached hydrogens (tertiary/aromatic N) is 1. The van der Waals surface area contributed by atoms with Crippen LogP contribution >= 0.6 is 0 Å². The predicted octanol–water partition coefficient (Wildman–Crippen LogP) is 2.92. The van der Waals surface area contributed by atoms with E-state index in [0.717, 1.165) is 37.9 Å². The number of para-hydroxylation sites is 1. The maximum atomic E-state index is 12.0. The lowest BCUT2D eigenvalue weighted by atomic mass is 9.75. The highest BCUT2D eigenvalue weighted by atomic mass is 16.5. The lowest BCUT2D eigenvalue weighted by molar-refractivity contribution is -0.121. The molecule has 1 fully saturated rings. The maximum Gasteiger partial charge on any atom is 0.239 e. The lowest BCUT2D eigenvalue weighted by Crippen LogP contribution is -2.29. The van der Waals surface area contributed by atoms with Crippen LogP contribution < -0.4 is 5.32 Å². The zero-order chi connectivity index (χ0) is 16.5. The van der Waals surface area contributed by atoms with Crippen LogP contribution in [0, 0.1) is 11.8 Å². The van der Waals surface area contributed by atoms with E-state index in [-0.39, 0.29) is 5.91 Å². The van der Waals surface area contributed by atoms with E-state index in [1.807, 2.05) is 0 Å². The molecule has 1 aromatic carbocycles. The number of carbonyl (C=O) groups excluding carboxylic acids is 1. The summed E-state index contributed by atoms with van der Waals surface area (Å²) in [4.78, 5) is 12.0. The van der Waals surface area contributed by atoms with Gasteiger partial charge in [-0.25, -0.2) is 0 Å². The largest absolute Gasteiger partial charge is 0.381 e. The first kappa shape index (κ1) is 15.7. The molecule has 24 heavy (non-hydrogen) atoms. The van der Waals surface area contributed by atoms with Gasteiger partial charge >= 0.3 is 0 Å². The van der Waals surface area contributed by atoms with E-state index in [9.17, 15) is 4.79 Å². The zero-order valence-electron chi connectivity index (χ0n) is 14.4. The number of hydrogen-bond acceptors (Lipinski definition) is 2. The van der Waals surface area contributed by atoms with E-state index in [1.54, 1.807) is 7.05 Å². The maximum absolute atomic E-state index is 12.0. The van der Waals surface area contributed by atoms with Gasteiger partial charge < -0.3 is 14.6 Å². The SMILES string of the molecule is CNC(=O)Cn1c2c(c3ccccc31)CC(C1CCOCC1)CC2. The van der Waals surface area contributed by atoms with E-state index in [4.69, 9.17) is 4.74 Å². The van der Waals surface area contributed by atoms with Gasteiger partial charge in [-0.1, -0.05) is 18.2 Å². The topological polar surface area (TPSA) is 43.3 Å². The molecule has 1 N–H and O–H groups in total. The van der Waals surface area contributed by atoms with E-state index in [0.29, 0.717) is 6.54 Å². The minimum Gasteiger partial charge on any atom is -0.381 e. The van der Waals surface area contributed by atoms with E-state index >= 15 is 0 Å². The van der Waals surface area contributed by atoms with Gasteiger partial charge in [0.05, 0.1) is 0 Å². The van der Waals surface area contributed by atoms with Crippen LogP contribution in [-0.2, 0) is 28.9 Å². The average Bonchev–Trinajstić information content (AvgIpc) is 2.96. The number of fused-ring (bicyclic) bond motifs is 3. The van der Waals surface area contributed by atoms with Gasteiger partial charge in [0.1, 0.15) is 6.54 Å². The van der Waals surface area contributed by atoms with E-state index in [2.05, 4.69) is 34.1 Å². The average molecular weight is 326 g/mol. The fourth-order valence-electron chi connectivity index (χ4n) is 4.62. The van der Waals surface area contributed by atoms with Crippen molar-refractivity contribution in [3.63, 3.8) is 0 Å². The van der Waals surface area contributed by atoms with Crippen molar-refractivity contribution in [3.05, 3.63) is 35.5 Å². The van der Waals surface area contributed by atoms with Crippen LogP contribution in [-0.4, -0.2) is 30.7 Å². The number of aromatic nitrogens is 1. The van der Waals surface area contributed by atoms with Crippen molar-refractivity contribution in [2.75, 3.05) is 20.3 Å². The molecule has 1 unspecified atom stereocenters. The van der Waals surface area contributed by atoms with Crippen LogP contribution in [0.15, 0.2) is 24.3 Å². The number of nitrogens with one attached hydrogen (secondary N) is 1. The van der Waals surface area contributed by atoms with Gasteiger partial charge in [-0.2, -0.15) is 0 Å². The molecule has 1 saturated heterocycles. The van der Waals surface area contributed by atoms with Crippen molar-refractivity contribution in [2.24, 2.45) is 11.8 Å². The monoisotopic (exact) mass is 326 g/mol. The normalized spacial score (nSPS) is 21.6. The third-order valence-electron chi connectivity index (χ3n) is 5.93. The number of likely N-dealkylation sites (N-methyl/N-ethyl adjacent to an activating group) is 1. The first-order valence-corrected chi connectivity index (χ1v) is 9.15. The molecule has 2 aromatic rings. The Bertz CT molecular complexity index is 743. The molecule has 1 atom stereocenters. The van der Waals surface area contributed by atoms with Crippen LogP contribution in [0.4, 0.5) is 0 Å². The summed E-state index contributed by atoms with van der Waals surface area (Å²) >= 11 is 0. The Morgan fingerprint density at radius 3 is 2.79 bits per heavy atom. The summed E-state index contributed by atoms with van der Waals surface area (Å²) in [6, 6.07) is 8.57. The van der Waals surface area contributed by atoms with Crippen molar-refractivity contribution in [3.8, 4) is 0 Å². The molecule has 1 aliphatic heterocycles. The van der Waals surface area contributed by atoms with Gasteiger partial charge in [0.25, 0.3) is 0 Å². The Morgan fingerprint density at radius 1 is 1.21 bits per heavy atom. The molecule has 2 aliphatic rings. The highest BCUT2D eigenvalue weighted by Crippen LogP contribution is 2.39. The Kier molecular flexibility index (Phi) is 4.31. The van der Waals surface area contributed by atoms with Gasteiger partial charge in [-0.15, -0.1) is 0 Å². The molecule has 4 rings (SSSR count). The fraction of sp³-hybridized carbons (Fsp3) is 0.550. The van der Waals surface area contributed by atoms with Crippen LogP contribution in [0.2, 0.25) is 0 Å². The summed E-state index contributed by atoms with van der Waals surface area (Å²) in [7, 11) is 1.71. The summed E-state index contributed by atoms with van der Waals surface area (Å²) in [5.74, 6) is 1.64. The van der Waals surface area contributed by atoms with Crippen LogP contribution in [0.25, 0.3) is 10.9 Å². The number of rotatable bonds is 3. The summed E-state index contributed by atoms with van der Waals surface area (Å²) in [5, 5.41) is 4.10. The minimum atomic E-state index is 0.0742. The molecular weight excluding hydrogens is 300 g/mol. The third kappa shape index (κ3) is 2.73. The molecule has 4 nitrogen and oxygen atoms in total. The Morgan fingerprint density at radius 2 is 2.00 bits per heavy atom. The van der Waals surface area contributed by atoms with Crippen molar-refractivity contribution in [1.29, 1.82) is 0 Å². The van der Waals surface area contributed by atoms with Crippen LogP contribution in [0.1, 0.15) is 30.5 Å². The molecule has 0 bridgehead atoms. The fourth-order valence-corrected chi connectivity index (χ4v) is 4.62. The first-order valence-electron chi connectivity index (χ1n) is 9.15.